The monoisotopic (exact) mass is 300 g/mol. The van der Waals surface area contributed by atoms with Gasteiger partial charge >= 0.3 is 0 Å². The first-order valence-electron chi connectivity index (χ1n) is 5.21. The van der Waals surface area contributed by atoms with E-state index in [4.69, 9.17) is 5.73 Å². The Labute approximate surface area is 119 Å². The van der Waals surface area contributed by atoms with Crippen LogP contribution in [0.4, 0.5) is 0 Å². The van der Waals surface area contributed by atoms with Gasteiger partial charge in [0.1, 0.15) is 5.78 Å². The van der Waals surface area contributed by atoms with E-state index in [9.17, 15) is 9.59 Å². The second-order valence-corrected chi connectivity index (χ2v) is 5.21. The topological polar surface area (TPSA) is 63.4 Å². The molecule has 0 rings (SSSR count). The number of carbonyl (C=O) groups excluding carboxylic acids is 2. The van der Waals surface area contributed by atoms with E-state index in [0.717, 1.165) is 5.75 Å². The average molecular weight is 301 g/mol. The Kier molecular flexibility index (Phi) is 12.8. The zero-order chi connectivity index (χ0) is 12.6. The van der Waals surface area contributed by atoms with Crippen molar-refractivity contribution in [3.05, 3.63) is 0 Å². The van der Waals surface area contributed by atoms with Gasteiger partial charge in [0.2, 0.25) is 5.91 Å². The Morgan fingerprint density at radius 2 is 2.00 bits per heavy atom. The SMILES string of the molecule is CSCC[C@H](N)C(=O)CCCC(=O)N(C)S.Cl. The summed E-state index contributed by atoms with van der Waals surface area (Å²) < 4.78 is 1.23. The molecule has 0 saturated carbocycles. The van der Waals surface area contributed by atoms with Gasteiger partial charge in [-0.05, 0) is 24.9 Å². The van der Waals surface area contributed by atoms with E-state index < -0.39 is 0 Å². The van der Waals surface area contributed by atoms with Gasteiger partial charge in [0.15, 0.2) is 0 Å². The van der Waals surface area contributed by atoms with Gasteiger partial charge in [-0.2, -0.15) is 11.8 Å². The van der Waals surface area contributed by atoms with Crippen molar-refractivity contribution in [2.24, 2.45) is 5.73 Å². The normalized spacial score (nSPS) is 11.5. The predicted molar refractivity (Wildman–Crippen MR) is 78.8 cm³/mol. The van der Waals surface area contributed by atoms with Gasteiger partial charge in [0, 0.05) is 19.9 Å². The van der Waals surface area contributed by atoms with Crippen LogP contribution in [0.25, 0.3) is 0 Å². The summed E-state index contributed by atoms with van der Waals surface area (Å²) in [5.74, 6) is 0.864. The van der Waals surface area contributed by atoms with Crippen LogP contribution in [-0.2, 0) is 9.59 Å². The van der Waals surface area contributed by atoms with Crippen molar-refractivity contribution in [3.8, 4) is 0 Å². The van der Waals surface area contributed by atoms with Crippen molar-refractivity contribution < 1.29 is 9.59 Å². The van der Waals surface area contributed by atoms with E-state index in [1.807, 2.05) is 6.26 Å². The van der Waals surface area contributed by atoms with E-state index in [0.29, 0.717) is 25.7 Å². The van der Waals surface area contributed by atoms with Crippen LogP contribution < -0.4 is 5.73 Å². The van der Waals surface area contributed by atoms with Crippen molar-refractivity contribution in [2.45, 2.75) is 31.7 Å². The summed E-state index contributed by atoms with van der Waals surface area (Å²) in [6, 6.07) is -0.378. The zero-order valence-corrected chi connectivity index (χ0v) is 12.7. The molecule has 7 heteroatoms. The van der Waals surface area contributed by atoms with Gasteiger partial charge in [-0.1, -0.05) is 12.8 Å². The molecule has 0 unspecified atom stereocenters. The Balaban J connectivity index is 0. The first-order chi connectivity index (χ1) is 7.49. The van der Waals surface area contributed by atoms with Gasteiger partial charge < -0.3 is 5.73 Å². The van der Waals surface area contributed by atoms with Crippen LogP contribution in [0.3, 0.4) is 0 Å². The fraction of sp³-hybridized carbons (Fsp3) is 0.800. The lowest BCUT2D eigenvalue weighted by Gasteiger charge is -2.10. The van der Waals surface area contributed by atoms with Crippen LogP contribution in [0.5, 0.6) is 0 Å². The third-order valence-electron chi connectivity index (χ3n) is 2.22. The minimum atomic E-state index is -0.378. The summed E-state index contributed by atoms with van der Waals surface area (Å²) in [5, 5.41) is 0. The van der Waals surface area contributed by atoms with Gasteiger partial charge in [-0.25, -0.2) is 0 Å². The van der Waals surface area contributed by atoms with Crippen LogP contribution in [0.15, 0.2) is 0 Å². The van der Waals surface area contributed by atoms with Crippen molar-refractivity contribution in [2.75, 3.05) is 19.1 Å². The van der Waals surface area contributed by atoms with Gasteiger partial charge in [-0.15, -0.1) is 12.4 Å². The molecule has 1 amide bonds. The first-order valence-corrected chi connectivity index (χ1v) is 7.01. The van der Waals surface area contributed by atoms with E-state index in [1.54, 1.807) is 18.8 Å². The first kappa shape index (κ1) is 19.4. The Morgan fingerprint density at radius 3 is 2.47 bits per heavy atom. The van der Waals surface area contributed by atoms with Crippen LogP contribution in [-0.4, -0.2) is 41.1 Å². The highest BCUT2D eigenvalue weighted by molar-refractivity contribution is 7.98. The number of rotatable bonds is 8. The fourth-order valence-corrected chi connectivity index (χ4v) is 1.76. The van der Waals surface area contributed by atoms with E-state index in [1.165, 1.54) is 4.31 Å². The molecule has 0 aromatic rings. The van der Waals surface area contributed by atoms with Crippen molar-refractivity contribution in [1.82, 2.24) is 4.31 Å². The third kappa shape index (κ3) is 9.76. The number of ketones is 1. The lowest BCUT2D eigenvalue weighted by atomic mass is 10.1. The Hall–Kier alpha value is 0.0900. The van der Waals surface area contributed by atoms with Gasteiger partial charge in [-0.3, -0.25) is 13.9 Å². The number of amides is 1. The molecule has 0 fully saturated rings. The molecule has 0 aromatic carbocycles. The number of nitrogens with zero attached hydrogens (tertiary/aromatic N) is 1. The van der Waals surface area contributed by atoms with Gasteiger partial charge in [0.05, 0.1) is 6.04 Å². The summed E-state index contributed by atoms with van der Waals surface area (Å²) in [4.78, 5) is 22.7. The number of hydrogen-bond acceptors (Lipinski definition) is 5. The van der Waals surface area contributed by atoms with E-state index in [-0.39, 0.29) is 30.1 Å². The maximum absolute atomic E-state index is 11.5. The largest absolute Gasteiger partial charge is 0.321 e. The van der Waals surface area contributed by atoms with Crippen LogP contribution in [0, 0.1) is 0 Å². The summed E-state index contributed by atoms with van der Waals surface area (Å²) in [5.41, 5.74) is 5.71. The fourth-order valence-electron chi connectivity index (χ4n) is 1.17. The van der Waals surface area contributed by atoms with Crippen LogP contribution >= 0.6 is 37.0 Å². The molecule has 0 radical (unpaired) electrons. The molecule has 2 N–H and O–H groups in total. The minimum absolute atomic E-state index is 0. The van der Waals surface area contributed by atoms with Crippen LogP contribution in [0.2, 0.25) is 0 Å². The second-order valence-electron chi connectivity index (χ2n) is 3.63. The molecule has 0 aliphatic heterocycles. The summed E-state index contributed by atoms with van der Waals surface area (Å²) in [6.45, 7) is 0. The molecule has 0 heterocycles. The maximum atomic E-state index is 11.5. The maximum Gasteiger partial charge on any atom is 0.231 e. The molecule has 1 atom stereocenters. The molecule has 0 spiro atoms. The smallest absolute Gasteiger partial charge is 0.231 e. The van der Waals surface area contributed by atoms with Crippen molar-refractivity contribution >= 4 is 48.7 Å². The predicted octanol–water partition coefficient (Wildman–Crippen LogP) is 1.53. The Morgan fingerprint density at radius 1 is 1.41 bits per heavy atom. The minimum Gasteiger partial charge on any atom is -0.321 e. The molecule has 4 nitrogen and oxygen atoms in total. The highest BCUT2D eigenvalue weighted by Crippen LogP contribution is 2.06. The van der Waals surface area contributed by atoms with Crippen LogP contribution in [0.1, 0.15) is 25.7 Å². The molecule has 0 aliphatic carbocycles. The van der Waals surface area contributed by atoms with Crippen molar-refractivity contribution in [1.29, 1.82) is 0 Å². The molecular weight excluding hydrogens is 280 g/mol. The number of thiol groups is 1. The van der Waals surface area contributed by atoms with E-state index >= 15 is 0 Å². The van der Waals surface area contributed by atoms with E-state index in [2.05, 4.69) is 12.8 Å². The summed E-state index contributed by atoms with van der Waals surface area (Å²) >= 11 is 5.55. The summed E-state index contributed by atoms with van der Waals surface area (Å²) in [6.07, 6.45) is 3.97. The average Bonchev–Trinajstić information content (AvgIpc) is 2.25. The summed E-state index contributed by atoms with van der Waals surface area (Å²) in [7, 11) is 1.58. The Bertz CT molecular complexity index is 240. The quantitative estimate of drug-likeness (QED) is 0.667. The number of halogens is 1. The number of Topliss-reactive ketones (excluding diaryl/α,β-unsaturated/α-hetero) is 1. The lowest BCUT2D eigenvalue weighted by molar-refractivity contribution is -0.125. The second kappa shape index (κ2) is 11.2. The molecule has 102 valence electrons. The lowest BCUT2D eigenvalue weighted by Crippen LogP contribution is -2.31. The highest BCUT2D eigenvalue weighted by Gasteiger charge is 2.13. The number of carbonyl (C=O) groups is 2. The van der Waals surface area contributed by atoms with Crippen molar-refractivity contribution in [3.63, 3.8) is 0 Å². The number of thioether (sulfide) groups is 1. The molecule has 0 saturated heterocycles. The number of hydrogen-bond donors (Lipinski definition) is 2. The standard InChI is InChI=1S/C10H20N2O2S2.ClH/c1-12(15)10(14)5-3-4-9(13)8(11)6-7-16-2;/h8,15H,3-7,11H2,1-2H3;1H/t8-;/m0./s1. The van der Waals surface area contributed by atoms with Gasteiger partial charge in [0.25, 0.3) is 0 Å². The third-order valence-corrected chi connectivity index (χ3v) is 3.09. The number of nitrogens with two attached hydrogens (primary N) is 1. The highest BCUT2D eigenvalue weighted by atomic mass is 35.5. The zero-order valence-electron chi connectivity index (χ0n) is 10.2. The molecule has 0 aliphatic rings. The molecule has 17 heavy (non-hydrogen) atoms. The molecule has 0 bridgehead atoms. The molecular formula is C10H21ClN2O2S2. The molecule has 0 aromatic heterocycles.